The van der Waals surface area contributed by atoms with Gasteiger partial charge in [-0.25, -0.2) is 28.2 Å². The number of aryl methyl sites for hydroxylation is 2. The molecule has 0 aliphatic carbocycles. The average molecular weight is 478 g/mol. The summed E-state index contributed by atoms with van der Waals surface area (Å²) < 4.78 is 30.5. The summed E-state index contributed by atoms with van der Waals surface area (Å²) in [6, 6.07) is 2.04. The maximum absolute atomic E-state index is 13.1. The maximum atomic E-state index is 13.1. The third-order valence-electron chi connectivity index (χ3n) is 4.79. The molecule has 0 aromatic carbocycles. The number of rotatable bonds is 3. The third-order valence-corrected chi connectivity index (χ3v) is 6.84. The second-order valence-electron chi connectivity index (χ2n) is 6.82. The predicted octanol–water partition coefficient (Wildman–Crippen LogP) is 4.76. The van der Waals surface area contributed by atoms with Gasteiger partial charge >= 0.3 is 0 Å². The molecule has 5 heterocycles. The second kappa shape index (κ2) is 6.49. The highest BCUT2D eigenvalue weighted by Crippen LogP contribution is 2.35. The highest BCUT2D eigenvalue weighted by molar-refractivity contribution is 9.10. The minimum atomic E-state index is -2.65. The lowest BCUT2D eigenvalue weighted by molar-refractivity contribution is 0.144. The number of pyridine rings is 1. The van der Waals surface area contributed by atoms with Crippen molar-refractivity contribution in [3.05, 3.63) is 45.3 Å². The molecule has 0 saturated heterocycles. The molecule has 0 atom stereocenters. The number of halogens is 3. The van der Waals surface area contributed by atoms with Gasteiger partial charge in [0.15, 0.2) is 11.5 Å². The zero-order chi connectivity index (χ0) is 20.4. The molecule has 0 aliphatic rings. The van der Waals surface area contributed by atoms with Crippen molar-refractivity contribution in [3.8, 4) is 0 Å². The van der Waals surface area contributed by atoms with E-state index < -0.39 is 6.43 Å². The molecule has 148 valence electrons. The van der Waals surface area contributed by atoms with Crippen LogP contribution in [0.2, 0.25) is 0 Å². The standard InChI is InChI=1S/C18H14BrF2N7S/c1-7-4-8(2)23-18-11(7)13-15(29-18)17-24-10(25-28(17)6-22-13)5-27-9(3)12(19)14(26-27)16(20)21/h4,6,16H,5H2,1-3H3. The largest absolute Gasteiger partial charge is 0.283 e. The van der Waals surface area contributed by atoms with Gasteiger partial charge in [0.25, 0.3) is 6.43 Å². The molecular weight excluding hydrogens is 464 g/mol. The van der Waals surface area contributed by atoms with E-state index in [1.807, 2.05) is 19.9 Å². The topological polar surface area (TPSA) is 73.8 Å². The van der Waals surface area contributed by atoms with Crippen molar-refractivity contribution in [2.24, 2.45) is 0 Å². The molecule has 11 heteroatoms. The summed E-state index contributed by atoms with van der Waals surface area (Å²) >= 11 is 4.72. The Balaban J connectivity index is 1.65. The summed E-state index contributed by atoms with van der Waals surface area (Å²) in [5, 5.41) is 9.48. The molecule has 0 fully saturated rings. The minimum Gasteiger partial charge on any atom is -0.260 e. The number of nitrogens with zero attached hydrogens (tertiary/aromatic N) is 7. The Labute approximate surface area is 175 Å². The van der Waals surface area contributed by atoms with Crippen molar-refractivity contribution in [2.75, 3.05) is 0 Å². The van der Waals surface area contributed by atoms with Gasteiger partial charge in [0, 0.05) is 11.1 Å². The van der Waals surface area contributed by atoms with Crippen molar-refractivity contribution in [3.63, 3.8) is 0 Å². The number of fused-ring (bicyclic) bond motifs is 5. The fraction of sp³-hybridized carbons (Fsp3) is 0.278. The molecule has 0 amide bonds. The quantitative estimate of drug-likeness (QED) is 0.374. The van der Waals surface area contributed by atoms with Gasteiger partial charge in [-0.1, -0.05) is 0 Å². The first kappa shape index (κ1) is 18.5. The van der Waals surface area contributed by atoms with Crippen LogP contribution in [0, 0.1) is 20.8 Å². The Morgan fingerprint density at radius 3 is 2.69 bits per heavy atom. The first-order chi connectivity index (χ1) is 13.8. The third kappa shape index (κ3) is 2.83. The van der Waals surface area contributed by atoms with Crippen molar-refractivity contribution in [2.45, 2.75) is 33.7 Å². The highest BCUT2D eigenvalue weighted by atomic mass is 79.9. The number of hydrogen-bond acceptors (Lipinski definition) is 6. The lowest BCUT2D eigenvalue weighted by Crippen LogP contribution is -2.06. The fourth-order valence-corrected chi connectivity index (χ4v) is 5.14. The van der Waals surface area contributed by atoms with E-state index in [4.69, 9.17) is 0 Å². The van der Waals surface area contributed by atoms with Crippen LogP contribution in [-0.2, 0) is 6.54 Å². The van der Waals surface area contributed by atoms with Crippen molar-refractivity contribution in [1.82, 2.24) is 34.3 Å². The van der Waals surface area contributed by atoms with Crippen LogP contribution in [-0.4, -0.2) is 34.3 Å². The lowest BCUT2D eigenvalue weighted by atomic mass is 10.1. The van der Waals surface area contributed by atoms with E-state index in [0.29, 0.717) is 21.6 Å². The zero-order valence-electron chi connectivity index (χ0n) is 15.6. The Morgan fingerprint density at radius 1 is 1.17 bits per heavy atom. The van der Waals surface area contributed by atoms with E-state index in [2.05, 4.69) is 41.1 Å². The van der Waals surface area contributed by atoms with Crippen LogP contribution < -0.4 is 0 Å². The summed E-state index contributed by atoms with van der Waals surface area (Å²) in [5.41, 5.74) is 3.90. The normalized spacial score (nSPS) is 12.2. The lowest BCUT2D eigenvalue weighted by Gasteiger charge is -1.99. The van der Waals surface area contributed by atoms with Crippen LogP contribution in [0.25, 0.3) is 26.1 Å². The Kier molecular flexibility index (Phi) is 4.14. The van der Waals surface area contributed by atoms with E-state index in [1.54, 1.807) is 17.8 Å². The summed E-state index contributed by atoms with van der Waals surface area (Å²) in [7, 11) is 0. The van der Waals surface area contributed by atoms with Crippen molar-refractivity contribution < 1.29 is 8.78 Å². The van der Waals surface area contributed by atoms with E-state index in [-0.39, 0.29) is 12.2 Å². The minimum absolute atomic E-state index is 0.182. The van der Waals surface area contributed by atoms with Crippen molar-refractivity contribution in [1.29, 1.82) is 0 Å². The van der Waals surface area contributed by atoms with Crippen molar-refractivity contribution >= 4 is 53.3 Å². The van der Waals surface area contributed by atoms with E-state index in [0.717, 1.165) is 31.7 Å². The van der Waals surface area contributed by atoms with Gasteiger partial charge < -0.3 is 0 Å². The van der Waals surface area contributed by atoms with Gasteiger partial charge in [-0.15, -0.1) is 16.4 Å². The molecule has 0 unspecified atom stereocenters. The molecule has 29 heavy (non-hydrogen) atoms. The van der Waals surface area contributed by atoms with E-state index >= 15 is 0 Å². The van der Waals surface area contributed by atoms with E-state index in [9.17, 15) is 8.78 Å². The molecule has 0 aliphatic heterocycles. The monoisotopic (exact) mass is 477 g/mol. The molecule has 0 N–H and O–H groups in total. The molecule has 0 spiro atoms. The number of hydrogen-bond donors (Lipinski definition) is 0. The van der Waals surface area contributed by atoms with Crippen LogP contribution in [0.5, 0.6) is 0 Å². The fourth-order valence-electron chi connectivity index (χ4n) is 3.45. The zero-order valence-corrected chi connectivity index (χ0v) is 18.0. The van der Waals surface area contributed by atoms with Gasteiger partial charge in [0.2, 0.25) is 0 Å². The summed E-state index contributed by atoms with van der Waals surface area (Å²) in [6.07, 6.45) is -1.03. The van der Waals surface area contributed by atoms with Crippen LogP contribution in [0.3, 0.4) is 0 Å². The molecule has 5 rings (SSSR count). The molecule has 0 saturated carbocycles. The number of thiophene rings is 1. The summed E-state index contributed by atoms with van der Waals surface area (Å²) in [6.45, 7) is 5.92. The first-order valence-electron chi connectivity index (χ1n) is 8.75. The Morgan fingerprint density at radius 2 is 1.97 bits per heavy atom. The van der Waals surface area contributed by atoms with Gasteiger partial charge in [-0.05, 0) is 48.3 Å². The van der Waals surface area contributed by atoms with Gasteiger partial charge in [0.1, 0.15) is 28.1 Å². The predicted molar refractivity (Wildman–Crippen MR) is 110 cm³/mol. The molecule has 5 aromatic rings. The average Bonchev–Trinajstić information content (AvgIpc) is 3.30. The summed E-state index contributed by atoms with van der Waals surface area (Å²) in [4.78, 5) is 14.7. The number of alkyl halides is 2. The van der Waals surface area contributed by atoms with Crippen LogP contribution >= 0.6 is 27.3 Å². The molecule has 0 bridgehead atoms. The highest BCUT2D eigenvalue weighted by Gasteiger charge is 2.22. The van der Waals surface area contributed by atoms with Gasteiger partial charge in [-0.3, -0.25) is 4.68 Å². The van der Waals surface area contributed by atoms with Crippen LogP contribution in [0.1, 0.15) is 34.9 Å². The smallest absolute Gasteiger partial charge is 0.260 e. The molecular formula is C18H14BrF2N7S. The molecule has 0 radical (unpaired) electrons. The van der Waals surface area contributed by atoms with E-state index in [1.165, 1.54) is 16.0 Å². The second-order valence-corrected chi connectivity index (χ2v) is 8.62. The molecule has 5 aromatic heterocycles. The Bertz CT molecular complexity index is 1420. The molecule has 7 nitrogen and oxygen atoms in total. The SMILES string of the molecule is Cc1cc(C)c2c(n1)sc1c2ncn2nc(Cn3nc(C(F)F)c(Br)c3C)nc12. The summed E-state index contributed by atoms with van der Waals surface area (Å²) in [5.74, 6) is 0.469. The number of aromatic nitrogens is 7. The Hall–Kier alpha value is -2.53. The van der Waals surface area contributed by atoms with Crippen LogP contribution in [0.15, 0.2) is 16.9 Å². The first-order valence-corrected chi connectivity index (χ1v) is 10.4. The van der Waals surface area contributed by atoms with Crippen LogP contribution in [0.4, 0.5) is 8.78 Å². The van der Waals surface area contributed by atoms with Gasteiger partial charge in [-0.2, -0.15) is 5.10 Å². The van der Waals surface area contributed by atoms with Gasteiger partial charge in [0.05, 0.1) is 15.7 Å². The maximum Gasteiger partial charge on any atom is 0.283 e.